The molecule has 98 valence electrons. The minimum Gasteiger partial charge on any atom is -0.468 e. The van der Waals surface area contributed by atoms with Crippen molar-refractivity contribution in [3.63, 3.8) is 0 Å². The van der Waals surface area contributed by atoms with E-state index >= 15 is 0 Å². The van der Waals surface area contributed by atoms with Crippen LogP contribution in [0.2, 0.25) is 0 Å². The monoisotopic (exact) mass is 248 g/mol. The van der Waals surface area contributed by atoms with Crippen LogP contribution in [0.1, 0.15) is 32.6 Å². The lowest BCUT2D eigenvalue weighted by Gasteiger charge is -2.29. The maximum atomic E-state index is 11.8. The zero-order chi connectivity index (χ0) is 12.8. The molecule has 0 bridgehead atoms. The molecule has 1 aromatic heterocycles. The number of nitrogens with one attached hydrogen (secondary N) is 1. The molecule has 0 unspecified atom stereocenters. The molecule has 0 aromatic carbocycles. The number of carbonyl (C=O) groups excluding carboxylic acids is 1. The van der Waals surface area contributed by atoms with Crippen molar-refractivity contribution in [2.24, 2.45) is 5.92 Å². The molecule has 4 heteroatoms. The minimum absolute atomic E-state index is 0.0419. The van der Waals surface area contributed by atoms with Crippen LogP contribution in [0.25, 0.3) is 0 Å². The predicted molar refractivity (Wildman–Crippen MR) is 69.3 cm³/mol. The summed E-state index contributed by atoms with van der Waals surface area (Å²) in [4.78, 5) is 15.8. The number of hydrogen-bond donors (Lipinski definition) is 1. The van der Waals surface area contributed by atoms with Gasteiger partial charge in [0.25, 0.3) is 5.91 Å². The number of carbonyl (C=O) groups is 1. The number of nitrogens with zero attached hydrogens (tertiary/aromatic N) is 1. The summed E-state index contributed by atoms with van der Waals surface area (Å²) in [5.74, 6) is 1.00. The molecule has 0 aliphatic heterocycles. The normalized spacial score (nSPS) is 23.4. The molecule has 0 saturated heterocycles. The Morgan fingerprint density at radius 1 is 1.44 bits per heavy atom. The first-order valence-corrected chi connectivity index (χ1v) is 6.59. The SMILES string of the molecule is C[C@@H]1CCCC[C@H]1NC(=O)COc1ccccn1. The van der Waals surface area contributed by atoms with Crippen LogP contribution in [-0.4, -0.2) is 23.5 Å². The Bertz CT molecular complexity index is 381. The summed E-state index contributed by atoms with van der Waals surface area (Å²) < 4.78 is 5.32. The molecule has 1 aliphatic rings. The highest BCUT2D eigenvalue weighted by Gasteiger charge is 2.22. The van der Waals surface area contributed by atoms with Crippen LogP contribution in [-0.2, 0) is 4.79 Å². The van der Waals surface area contributed by atoms with Gasteiger partial charge in [0.15, 0.2) is 6.61 Å². The maximum Gasteiger partial charge on any atom is 0.258 e. The zero-order valence-electron chi connectivity index (χ0n) is 10.8. The highest BCUT2D eigenvalue weighted by Crippen LogP contribution is 2.23. The molecule has 0 spiro atoms. The van der Waals surface area contributed by atoms with Crippen LogP contribution in [0.4, 0.5) is 0 Å². The van der Waals surface area contributed by atoms with Gasteiger partial charge in [-0.2, -0.15) is 0 Å². The summed E-state index contributed by atoms with van der Waals surface area (Å²) in [7, 11) is 0. The summed E-state index contributed by atoms with van der Waals surface area (Å²) in [5, 5.41) is 3.05. The number of ether oxygens (including phenoxy) is 1. The Hall–Kier alpha value is -1.58. The van der Waals surface area contributed by atoms with E-state index in [1.165, 1.54) is 19.3 Å². The van der Waals surface area contributed by atoms with Crippen LogP contribution >= 0.6 is 0 Å². The third-order valence-electron chi connectivity index (χ3n) is 3.45. The highest BCUT2D eigenvalue weighted by atomic mass is 16.5. The van der Waals surface area contributed by atoms with Crippen LogP contribution in [0.15, 0.2) is 24.4 Å². The molecule has 1 heterocycles. The van der Waals surface area contributed by atoms with Crippen molar-refractivity contribution in [3.05, 3.63) is 24.4 Å². The van der Waals surface area contributed by atoms with Gasteiger partial charge >= 0.3 is 0 Å². The van der Waals surface area contributed by atoms with Crippen LogP contribution < -0.4 is 10.1 Å². The number of amides is 1. The molecule has 1 saturated carbocycles. The molecule has 0 radical (unpaired) electrons. The molecule has 1 aromatic rings. The summed E-state index contributed by atoms with van der Waals surface area (Å²) >= 11 is 0. The van der Waals surface area contributed by atoms with Gasteiger partial charge in [-0.05, 0) is 24.8 Å². The topological polar surface area (TPSA) is 51.2 Å². The van der Waals surface area contributed by atoms with E-state index in [1.54, 1.807) is 12.3 Å². The van der Waals surface area contributed by atoms with Crippen LogP contribution in [0, 0.1) is 5.92 Å². The zero-order valence-corrected chi connectivity index (χ0v) is 10.8. The van der Waals surface area contributed by atoms with E-state index in [0.717, 1.165) is 6.42 Å². The van der Waals surface area contributed by atoms with E-state index < -0.39 is 0 Å². The average Bonchev–Trinajstić information content (AvgIpc) is 2.40. The molecule has 1 amide bonds. The van der Waals surface area contributed by atoms with E-state index in [4.69, 9.17) is 4.74 Å². The van der Waals surface area contributed by atoms with Crippen molar-refractivity contribution in [1.29, 1.82) is 0 Å². The van der Waals surface area contributed by atoms with Gasteiger partial charge in [-0.3, -0.25) is 4.79 Å². The van der Waals surface area contributed by atoms with Gasteiger partial charge < -0.3 is 10.1 Å². The van der Waals surface area contributed by atoms with Crippen molar-refractivity contribution in [3.8, 4) is 5.88 Å². The standard InChI is InChI=1S/C14H20N2O2/c1-11-6-2-3-7-12(11)16-13(17)10-18-14-8-4-5-9-15-14/h4-5,8-9,11-12H,2-3,6-7,10H2,1H3,(H,16,17)/t11-,12-/m1/s1. The molecule has 18 heavy (non-hydrogen) atoms. The first kappa shape index (κ1) is 12.9. The molecule has 2 rings (SSSR count). The Kier molecular flexibility index (Phi) is 4.56. The summed E-state index contributed by atoms with van der Waals surface area (Å²) in [6.07, 6.45) is 6.41. The third kappa shape index (κ3) is 3.72. The number of hydrogen-bond acceptors (Lipinski definition) is 3. The van der Waals surface area contributed by atoms with Crippen molar-refractivity contribution in [2.45, 2.75) is 38.6 Å². The summed E-state index contributed by atoms with van der Waals surface area (Å²) in [6.45, 7) is 2.24. The average molecular weight is 248 g/mol. The Balaban J connectivity index is 1.75. The second-order valence-electron chi connectivity index (χ2n) is 4.89. The lowest BCUT2D eigenvalue weighted by Crippen LogP contribution is -2.43. The molecule has 1 fully saturated rings. The predicted octanol–water partition coefficient (Wildman–Crippen LogP) is 2.16. The first-order valence-electron chi connectivity index (χ1n) is 6.59. The molecule has 1 aliphatic carbocycles. The number of rotatable bonds is 4. The summed E-state index contributed by atoms with van der Waals surface area (Å²) in [5.41, 5.74) is 0. The van der Waals surface area contributed by atoms with Crippen molar-refractivity contribution in [2.75, 3.05) is 6.61 Å². The highest BCUT2D eigenvalue weighted by molar-refractivity contribution is 5.77. The quantitative estimate of drug-likeness (QED) is 0.888. The van der Waals surface area contributed by atoms with Gasteiger partial charge in [0.1, 0.15) is 0 Å². The third-order valence-corrected chi connectivity index (χ3v) is 3.45. The maximum absolute atomic E-state index is 11.8. The van der Waals surface area contributed by atoms with E-state index in [2.05, 4.69) is 17.2 Å². The lowest BCUT2D eigenvalue weighted by atomic mass is 9.86. The van der Waals surface area contributed by atoms with Crippen LogP contribution in [0.3, 0.4) is 0 Å². The second kappa shape index (κ2) is 6.38. The van der Waals surface area contributed by atoms with Gasteiger partial charge in [0.2, 0.25) is 5.88 Å². The van der Waals surface area contributed by atoms with E-state index in [0.29, 0.717) is 17.8 Å². The fraction of sp³-hybridized carbons (Fsp3) is 0.571. The molecular formula is C14H20N2O2. The molecule has 1 N–H and O–H groups in total. The first-order chi connectivity index (χ1) is 8.75. The van der Waals surface area contributed by atoms with E-state index in [-0.39, 0.29) is 12.5 Å². The van der Waals surface area contributed by atoms with Crippen molar-refractivity contribution >= 4 is 5.91 Å². The van der Waals surface area contributed by atoms with Crippen molar-refractivity contribution in [1.82, 2.24) is 10.3 Å². The van der Waals surface area contributed by atoms with Gasteiger partial charge in [-0.15, -0.1) is 0 Å². The van der Waals surface area contributed by atoms with Crippen LogP contribution in [0.5, 0.6) is 5.88 Å². The molecule has 2 atom stereocenters. The minimum atomic E-state index is -0.0561. The molecular weight excluding hydrogens is 228 g/mol. The number of aromatic nitrogens is 1. The fourth-order valence-corrected chi connectivity index (χ4v) is 2.35. The Labute approximate surface area is 108 Å². The Morgan fingerprint density at radius 3 is 3.00 bits per heavy atom. The van der Waals surface area contributed by atoms with Crippen molar-refractivity contribution < 1.29 is 9.53 Å². The molecule has 4 nitrogen and oxygen atoms in total. The summed E-state index contributed by atoms with van der Waals surface area (Å²) in [6, 6.07) is 5.70. The lowest BCUT2D eigenvalue weighted by molar-refractivity contribution is -0.124. The number of pyridine rings is 1. The van der Waals surface area contributed by atoms with Gasteiger partial charge in [0.05, 0.1) is 0 Å². The van der Waals surface area contributed by atoms with Gasteiger partial charge in [0, 0.05) is 18.3 Å². The van der Waals surface area contributed by atoms with Gasteiger partial charge in [-0.1, -0.05) is 25.8 Å². The smallest absolute Gasteiger partial charge is 0.258 e. The Morgan fingerprint density at radius 2 is 2.28 bits per heavy atom. The van der Waals surface area contributed by atoms with E-state index in [1.807, 2.05) is 12.1 Å². The van der Waals surface area contributed by atoms with Gasteiger partial charge in [-0.25, -0.2) is 4.98 Å². The van der Waals surface area contributed by atoms with E-state index in [9.17, 15) is 4.79 Å². The largest absolute Gasteiger partial charge is 0.468 e. The fourth-order valence-electron chi connectivity index (χ4n) is 2.35. The second-order valence-corrected chi connectivity index (χ2v) is 4.89.